The summed E-state index contributed by atoms with van der Waals surface area (Å²) in [7, 11) is 1.66. The Kier molecular flexibility index (Phi) is 5.09. The molecule has 0 aliphatic carbocycles. The van der Waals surface area contributed by atoms with Crippen molar-refractivity contribution in [1.29, 1.82) is 0 Å². The molecule has 3 aromatic rings. The number of carbonyl (C=O) groups excluding carboxylic acids is 1. The Hall–Kier alpha value is -2.28. The van der Waals surface area contributed by atoms with E-state index in [0.29, 0.717) is 22.2 Å². The van der Waals surface area contributed by atoms with Gasteiger partial charge in [0.2, 0.25) is 0 Å². The van der Waals surface area contributed by atoms with Crippen LogP contribution in [0, 0.1) is 12.7 Å². The van der Waals surface area contributed by atoms with Crippen molar-refractivity contribution in [2.24, 2.45) is 0 Å². The molecule has 0 fully saturated rings. The van der Waals surface area contributed by atoms with Crippen LogP contribution >= 0.6 is 15.9 Å². The van der Waals surface area contributed by atoms with Crippen LogP contribution in [0.15, 0.2) is 34.9 Å². The second-order valence-corrected chi connectivity index (χ2v) is 7.54. The molecule has 5 nitrogen and oxygen atoms in total. The number of pyridine rings is 1. The number of hydrogen-bond acceptors (Lipinski definition) is 3. The monoisotopic (exact) mass is 418 g/mol. The minimum absolute atomic E-state index is 0.137. The number of fused-ring (bicyclic) bond motifs is 1. The number of hydrogen-bond donors (Lipinski definition) is 0. The first-order valence-electron chi connectivity index (χ1n) is 8.32. The fourth-order valence-electron chi connectivity index (χ4n) is 2.90. The Morgan fingerprint density at radius 1 is 1.35 bits per heavy atom. The maximum Gasteiger partial charge on any atom is 0.254 e. The number of benzene rings is 1. The summed E-state index contributed by atoms with van der Waals surface area (Å²) in [6.45, 7) is 6.05. The molecule has 0 aliphatic rings. The Bertz CT molecular complexity index is 983. The summed E-state index contributed by atoms with van der Waals surface area (Å²) in [5.41, 5.74) is 2.41. The summed E-state index contributed by atoms with van der Waals surface area (Å²) in [4.78, 5) is 19.1. The third kappa shape index (κ3) is 3.49. The van der Waals surface area contributed by atoms with Crippen LogP contribution in [0.1, 0.15) is 41.5 Å². The zero-order chi connectivity index (χ0) is 19.0. The molecular weight excluding hydrogens is 399 g/mol. The van der Waals surface area contributed by atoms with Crippen molar-refractivity contribution < 1.29 is 9.18 Å². The number of halogens is 2. The van der Waals surface area contributed by atoms with Gasteiger partial charge in [0, 0.05) is 35.4 Å². The lowest BCUT2D eigenvalue weighted by Gasteiger charge is -2.19. The van der Waals surface area contributed by atoms with Crippen molar-refractivity contribution in [3.63, 3.8) is 0 Å². The van der Waals surface area contributed by atoms with E-state index in [1.165, 1.54) is 11.0 Å². The molecule has 2 aromatic heterocycles. The van der Waals surface area contributed by atoms with E-state index in [4.69, 9.17) is 0 Å². The first-order valence-corrected chi connectivity index (χ1v) is 9.11. The molecule has 0 atom stereocenters. The Morgan fingerprint density at radius 2 is 2.08 bits per heavy atom. The van der Waals surface area contributed by atoms with Gasteiger partial charge >= 0.3 is 0 Å². The van der Waals surface area contributed by atoms with Gasteiger partial charge in [-0.1, -0.05) is 15.9 Å². The van der Waals surface area contributed by atoms with Crippen LogP contribution in [0.5, 0.6) is 0 Å². The molecule has 0 spiro atoms. The van der Waals surface area contributed by atoms with E-state index >= 15 is 0 Å². The van der Waals surface area contributed by atoms with Gasteiger partial charge in [-0.2, -0.15) is 5.10 Å². The number of carbonyl (C=O) groups is 1. The van der Waals surface area contributed by atoms with Gasteiger partial charge in [0.15, 0.2) is 5.65 Å². The van der Waals surface area contributed by atoms with Gasteiger partial charge in [0.25, 0.3) is 5.91 Å². The average Bonchev–Trinajstić information content (AvgIpc) is 3.00. The van der Waals surface area contributed by atoms with Gasteiger partial charge in [0.1, 0.15) is 5.82 Å². The lowest BCUT2D eigenvalue weighted by Crippen LogP contribution is -2.27. The second kappa shape index (κ2) is 7.15. The van der Waals surface area contributed by atoms with Crippen molar-refractivity contribution in [3.05, 3.63) is 57.6 Å². The van der Waals surface area contributed by atoms with Crippen LogP contribution in [-0.4, -0.2) is 32.6 Å². The van der Waals surface area contributed by atoms with Gasteiger partial charge < -0.3 is 4.90 Å². The molecule has 0 saturated heterocycles. The molecule has 26 heavy (non-hydrogen) atoms. The van der Waals surface area contributed by atoms with Gasteiger partial charge in [-0.3, -0.25) is 4.79 Å². The highest BCUT2D eigenvalue weighted by Crippen LogP contribution is 2.23. The average molecular weight is 419 g/mol. The van der Waals surface area contributed by atoms with Crippen molar-refractivity contribution in [2.45, 2.75) is 33.4 Å². The third-order valence-electron chi connectivity index (χ3n) is 4.18. The topological polar surface area (TPSA) is 51.0 Å². The third-order valence-corrected chi connectivity index (χ3v) is 4.67. The Labute approximate surface area is 160 Å². The lowest BCUT2D eigenvalue weighted by molar-refractivity contribution is 0.0785. The molecule has 7 heteroatoms. The summed E-state index contributed by atoms with van der Waals surface area (Å²) in [6.07, 6.45) is 1.67. The summed E-state index contributed by atoms with van der Waals surface area (Å²) in [5.74, 6) is -0.528. The van der Waals surface area contributed by atoms with Gasteiger partial charge in [-0.25, -0.2) is 14.1 Å². The fourth-order valence-corrected chi connectivity index (χ4v) is 3.30. The van der Waals surface area contributed by atoms with E-state index in [0.717, 1.165) is 10.2 Å². The van der Waals surface area contributed by atoms with Crippen LogP contribution in [0.25, 0.3) is 11.0 Å². The second-order valence-electron chi connectivity index (χ2n) is 6.63. The van der Waals surface area contributed by atoms with Crippen LogP contribution in [0.2, 0.25) is 0 Å². The van der Waals surface area contributed by atoms with Crippen LogP contribution < -0.4 is 0 Å². The molecule has 1 amide bonds. The normalized spacial score (nSPS) is 11.3. The molecule has 0 radical (unpaired) electrons. The molecule has 1 aromatic carbocycles. The zero-order valence-electron chi connectivity index (χ0n) is 15.1. The van der Waals surface area contributed by atoms with Gasteiger partial charge in [0.05, 0.1) is 17.1 Å². The smallest absolute Gasteiger partial charge is 0.254 e. The molecule has 0 aliphatic heterocycles. The van der Waals surface area contributed by atoms with E-state index in [9.17, 15) is 9.18 Å². The zero-order valence-corrected chi connectivity index (χ0v) is 16.7. The highest BCUT2D eigenvalue weighted by molar-refractivity contribution is 9.10. The van der Waals surface area contributed by atoms with Crippen molar-refractivity contribution in [2.75, 3.05) is 7.05 Å². The Balaban J connectivity index is 1.98. The summed E-state index contributed by atoms with van der Waals surface area (Å²) in [6, 6.07) is 6.60. The SMILES string of the molecule is Cc1cc(C(=O)N(C)Cc2cc(Br)ccc2F)c2cnn(C(C)C)c2n1. The number of rotatable bonds is 4. The predicted molar refractivity (Wildman–Crippen MR) is 103 cm³/mol. The summed E-state index contributed by atoms with van der Waals surface area (Å²) < 4.78 is 16.6. The molecular formula is C19H20BrFN4O. The molecule has 0 unspecified atom stereocenters. The molecule has 0 bridgehead atoms. The highest BCUT2D eigenvalue weighted by Gasteiger charge is 2.20. The Morgan fingerprint density at radius 3 is 2.77 bits per heavy atom. The van der Waals surface area contributed by atoms with E-state index in [2.05, 4.69) is 26.0 Å². The van der Waals surface area contributed by atoms with Crippen LogP contribution in [0.4, 0.5) is 4.39 Å². The van der Waals surface area contributed by atoms with Crippen molar-refractivity contribution >= 4 is 32.9 Å². The quantitative estimate of drug-likeness (QED) is 0.626. The van der Waals surface area contributed by atoms with E-state index in [1.54, 1.807) is 36.1 Å². The minimum atomic E-state index is -0.337. The first-order chi connectivity index (χ1) is 12.3. The summed E-state index contributed by atoms with van der Waals surface area (Å²) >= 11 is 3.34. The fraction of sp³-hybridized carbons (Fsp3) is 0.316. The van der Waals surface area contributed by atoms with Crippen molar-refractivity contribution in [1.82, 2.24) is 19.7 Å². The molecule has 136 valence electrons. The number of aryl methyl sites for hydroxylation is 1. The lowest BCUT2D eigenvalue weighted by atomic mass is 10.1. The summed E-state index contributed by atoms with van der Waals surface area (Å²) in [5, 5.41) is 5.07. The van der Waals surface area contributed by atoms with E-state index in [-0.39, 0.29) is 24.3 Å². The van der Waals surface area contributed by atoms with Crippen LogP contribution in [-0.2, 0) is 6.54 Å². The predicted octanol–water partition coefficient (Wildman–Crippen LogP) is 4.49. The molecule has 3 rings (SSSR count). The number of aromatic nitrogens is 3. The minimum Gasteiger partial charge on any atom is -0.337 e. The largest absolute Gasteiger partial charge is 0.337 e. The highest BCUT2D eigenvalue weighted by atomic mass is 79.9. The maximum atomic E-state index is 14.0. The van der Waals surface area contributed by atoms with Gasteiger partial charge in [-0.15, -0.1) is 0 Å². The van der Waals surface area contributed by atoms with Crippen molar-refractivity contribution in [3.8, 4) is 0 Å². The molecule has 2 heterocycles. The standard InChI is InChI=1S/C19H20BrFN4O/c1-11(2)25-18-16(9-22-25)15(7-12(3)23-18)19(26)24(4)10-13-8-14(20)5-6-17(13)21/h5-9,11H,10H2,1-4H3. The molecule has 0 saturated carbocycles. The molecule has 0 N–H and O–H groups in total. The van der Waals surface area contributed by atoms with E-state index in [1.807, 2.05) is 20.8 Å². The number of amides is 1. The van der Waals surface area contributed by atoms with Crippen LogP contribution in [0.3, 0.4) is 0 Å². The number of nitrogens with zero attached hydrogens (tertiary/aromatic N) is 4. The van der Waals surface area contributed by atoms with E-state index < -0.39 is 0 Å². The maximum absolute atomic E-state index is 14.0. The first kappa shape index (κ1) is 18.5. The van der Waals surface area contributed by atoms with Gasteiger partial charge in [-0.05, 0) is 45.0 Å².